The van der Waals surface area contributed by atoms with Crippen molar-refractivity contribution in [3.8, 4) is 5.75 Å². The monoisotopic (exact) mass is 390 g/mol. The van der Waals surface area contributed by atoms with E-state index >= 15 is 0 Å². The zero-order chi connectivity index (χ0) is 18.8. The molecule has 2 amide bonds. The van der Waals surface area contributed by atoms with Crippen LogP contribution in [-0.2, 0) is 9.59 Å². The normalized spacial score (nSPS) is 16.0. The number of nitrogens with one attached hydrogen (secondary N) is 1. The molecular weight excluding hydrogens is 379 g/mol. The van der Waals surface area contributed by atoms with Gasteiger partial charge in [-0.2, -0.15) is 0 Å². The number of rotatable bonds is 3. The van der Waals surface area contributed by atoms with E-state index in [0.717, 1.165) is 11.0 Å². The Morgan fingerprint density at radius 1 is 1.23 bits per heavy atom. The number of hydrogen-bond donors (Lipinski definition) is 1. The Labute approximate surface area is 159 Å². The van der Waals surface area contributed by atoms with Crippen molar-refractivity contribution in [2.75, 3.05) is 12.0 Å². The summed E-state index contributed by atoms with van der Waals surface area (Å²) < 4.78 is 18.6. The third-order valence-electron chi connectivity index (χ3n) is 3.65. The Morgan fingerprint density at radius 3 is 2.65 bits per heavy atom. The molecule has 2 aromatic rings. The summed E-state index contributed by atoms with van der Waals surface area (Å²) in [4.78, 5) is 26.1. The number of benzene rings is 2. The van der Waals surface area contributed by atoms with Crippen LogP contribution in [0.25, 0.3) is 6.08 Å². The molecule has 1 saturated heterocycles. The molecule has 8 heteroatoms. The SMILES string of the molecule is COc1ccc(/C=C2\C(=O)NC(=S)N(c3cccc(F)c3)C2=O)cc1Cl. The van der Waals surface area contributed by atoms with Gasteiger partial charge in [-0.15, -0.1) is 0 Å². The fourth-order valence-electron chi connectivity index (χ4n) is 2.45. The van der Waals surface area contributed by atoms with Crippen molar-refractivity contribution in [3.05, 3.63) is 64.4 Å². The van der Waals surface area contributed by atoms with Gasteiger partial charge in [0.2, 0.25) is 0 Å². The summed E-state index contributed by atoms with van der Waals surface area (Å²) in [5.74, 6) is -1.35. The summed E-state index contributed by atoms with van der Waals surface area (Å²) in [6.45, 7) is 0. The van der Waals surface area contributed by atoms with Gasteiger partial charge in [0.05, 0.1) is 17.8 Å². The van der Waals surface area contributed by atoms with Gasteiger partial charge in [-0.05, 0) is 54.2 Å². The molecule has 0 atom stereocenters. The van der Waals surface area contributed by atoms with E-state index in [0.29, 0.717) is 16.3 Å². The predicted octanol–water partition coefficient (Wildman–Crippen LogP) is 3.32. The zero-order valence-corrected chi connectivity index (χ0v) is 15.0. The lowest BCUT2D eigenvalue weighted by atomic mass is 10.1. The first-order valence-electron chi connectivity index (χ1n) is 7.41. The molecule has 1 fully saturated rings. The van der Waals surface area contributed by atoms with Crippen molar-refractivity contribution < 1.29 is 18.7 Å². The van der Waals surface area contributed by atoms with Crippen LogP contribution in [0.3, 0.4) is 0 Å². The molecule has 132 valence electrons. The van der Waals surface area contributed by atoms with E-state index in [-0.39, 0.29) is 16.4 Å². The Balaban J connectivity index is 2.01. The fraction of sp³-hybridized carbons (Fsp3) is 0.0556. The first kappa shape index (κ1) is 18.0. The Kier molecular flexibility index (Phi) is 5.01. The van der Waals surface area contributed by atoms with Crippen LogP contribution in [-0.4, -0.2) is 24.0 Å². The van der Waals surface area contributed by atoms with Crippen LogP contribution in [0, 0.1) is 5.82 Å². The number of halogens is 2. The van der Waals surface area contributed by atoms with Gasteiger partial charge in [-0.3, -0.25) is 19.8 Å². The van der Waals surface area contributed by atoms with Crippen LogP contribution >= 0.6 is 23.8 Å². The Hall–Kier alpha value is -2.77. The molecule has 1 aliphatic rings. The summed E-state index contributed by atoms with van der Waals surface area (Å²) in [5, 5.41) is 2.66. The quantitative estimate of drug-likeness (QED) is 0.496. The minimum Gasteiger partial charge on any atom is -0.495 e. The molecule has 0 unspecified atom stereocenters. The summed E-state index contributed by atoms with van der Waals surface area (Å²) in [7, 11) is 1.48. The molecule has 1 heterocycles. The lowest BCUT2D eigenvalue weighted by molar-refractivity contribution is -0.122. The molecule has 0 aromatic heterocycles. The van der Waals surface area contributed by atoms with Gasteiger partial charge < -0.3 is 4.74 Å². The molecule has 0 saturated carbocycles. The second kappa shape index (κ2) is 7.23. The van der Waals surface area contributed by atoms with Crippen molar-refractivity contribution in [1.82, 2.24) is 5.32 Å². The van der Waals surface area contributed by atoms with E-state index in [1.54, 1.807) is 18.2 Å². The maximum atomic E-state index is 13.5. The maximum absolute atomic E-state index is 13.5. The standard InChI is InChI=1S/C18H12ClFN2O3S/c1-25-15-6-5-10(8-14(15)19)7-13-16(23)21-18(26)22(17(13)24)12-4-2-3-11(20)9-12/h2-9H,1H3,(H,21,23,26)/b13-7+. The largest absolute Gasteiger partial charge is 0.495 e. The minimum absolute atomic E-state index is 0.115. The molecule has 1 N–H and O–H groups in total. The fourth-order valence-corrected chi connectivity index (χ4v) is 2.99. The zero-order valence-electron chi connectivity index (χ0n) is 13.5. The number of carbonyl (C=O) groups excluding carboxylic acids is 2. The smallest absolute Gasteiger partial charge is 0.270 e. The minimum atomic E-state index is -0.656. The second-order valence-electron chi connectivity index (χ2n) is 5.33. The summed E-state index contributed by atoms with van der Waals surface area (Å²) in [6, 6.07) is 10.2. The number of amides is 2. The van der Waals surface area contributed by atoms with E-state index in [1.165, 1.54) is 31.4 Å². The highest BCUT2D eigenvalue weighted by Crippen LogP contribution is 2.27. The number of ether oxygens (including phenoxy) is 1. The molecule has 3 rings (SSSR count). The van der Waals surface area contributed by atoms with Crippen LogP contribution in [0.15, 0.2) is 48.0 Å². The molecule has 0 radical (unpaired) electrons. The predicted molar refractivity (Wildman–Crippen MR) is 101 cm³/mol. The number of hydrogen-bond acceptors (Lipinski definition) is 4. The molecule has 26 heavy (non-hydrogen) atoms. The van der Waals surface area contributed by atoms with Gasteiger partial charge in [0, 0.05) is 0 Å². The van der Waals surface area contributed by atoms with Crippen LogP contribution in [0.5, 0.6) is 5.75 Å². The van der Waals surface area contributed by atoms with Crippen molar-refractivity contribution in [2.45, 2.75) is 0 Å². The van der Waals surface area contributed by atoms with E-state index < -0.39 is 17.6 Å². The Bertz CT molecular complexity index is 961. The third-order valence-corrected chi connectivity index (χ3v) is 4.23. The summed E-state index contributed by atoms with van der Waals surface area (Å²) in [5.41, 5.74) is 0.601. The van der Waals surface area contributed by atoms with Crippen LogP contribution in [0.1, 0.15) is 5.56 Å². The lowest BCUT2D eigenvalue weighted by Crippen LogP contribution is -2.54. The first-order chi connectivity index (χ1) is 12.4. The highest BCUT2D eigenvalue weighted by Gasteiger charge is 2.34. The average Bonchev–Trinajstić information content (AvgIpc) is 2.58. The van der Waals surface area contributed by atoms with Crippen LogP contribution in [0.2, 0.25) is 5.02 Å². The molecule has 1 aliphatic heterocycles. The summed E-state index contributed by atoms with van der Waals surface area (Å²) in [6.07, 6.45) is 1.39. The molecule has 2 aromatic carbocycles. The van der Waals surface area contributed by atoms with Gasteiger partial charge in [-0.25, -0.2) is 4.39 Å². The Morgan fingerprint density at radius 2 is 2.00 bits per heavy atom. The molecule has 0 bridgehead atoms. The van der Waals surface area contributed by atoms with Crippen molar-refractivity contribution in [1.29, 1.82) is 0 Å². The van der Waals surface area contributed by atoms with Crippen LogP contribution < -0.4 is 15.0 Å². The maximum Gasteiger partial charge on any atom is 0.270 e. The molecular formula is C18H12ClFN2O3S. The van der Waals surface area contributed by atoms with Gasteiger partial charge in [0.1, 0.15) is 17.1 Å². The number of nitrogens with zero attached hydrogens (tertiary/aromatic N) is 1. The molecule has 5 nitrogen and oxygen atoms in total. The highest BCUT2D eigenvalue weighted by molar-refractivity contribution is 7.80. The van der Waals surface area contributed by atoms with E-state index in [9.17, 15) is 14.0 Å². The van der Waals surface area contributed by atoms with Gasteiger partial charge in [0.15, 0.2) is 5.11 Å². The van der Waals surface area contributed by atoms with Gasteiger partial charge >= 0.3 is 0 Å². The molecule has 0 aliphatic carbocycles. The third kappa shape index (κ3) is 3.44. The van der Waals surface area contributed by atoms with E-state index in [4.69, 9.17) is 28.6 Å². The van der Waals surface area contributed by atoms with E-state index in [2.05, 4.69) is 5.32 Å². The number of carbonyl (C=O) groups is 2. The van der Waals surface area contributed by atoms with E-state index in [1.807, 2.05) is 0 Å². The number of anilines is 1. The summed E-state index contributed by atoms with van der Waals surface area (Å²) >= 11 is 11.1. The topological polar surface area (TPSA) is 58.6 Å². The van der Waals surface area contributed by atoms with Gasteiger partial charge in [0.25, 0.3) is 11.8 Å². The first-order valence-corrected chi connectivity index (χ1v) is 8.20. The van der Waals surface area contributed by atoms with Gasteiger partial charge in [-0.1, -0.05) is 23.7 Å². The van der Waals surface area contributed by atoms with Crippen molar-refractivity contribution in [3.63, 3.8) is 0 Å². The van der Waals surface area contributed by atoms with Crippen LogP contribution in [0.4, 0.5) is 10.1 Å². The molecule has 0 spiro atoms. The average molecular weight is 391 g/mol. The van der Waals surface area contributed by atoms with Crippen molar-refractivity contribution >= 4 is 52.5 Å². The lowest BCUT2D eigenvalue weighted by Gasteiger charge is -2.28. The number of thiocarbonyl (C=S) groups is 1. The van der Waals surface area contributed by atoms with Crippen molar-refractivity contribution in [2.24, 2.45) is 0 Å². The second-order valence-corrected chi connectivity index (χ2v) is 6.13. The number of methoxy groups -OCH3 is 1. The highest BCUT2D eigenvalue weighted by atomic mass is 35.5.